The largest absolute Gasteiger partial charge is 0.366 e. The van der Waals surface area contributed by atoms with Crippen LogP contribution in [0.3, 0.4) is 0 Å². The third-order valence-electron chi connectivity index (χ3n) is 4.76. The number of sulfonamides is 1. The van der Waals surface area contributed by atoms with Crippen molar-refractivity contribution in [3.05, 3.63) is 42.2 Å². The van der Waals surface area contributed by atoms with Gasteiger partial charge < -0.3 is 10.2 Å². The molecule has 3 unspecified atom stereocenters. The van der Waals surface area contributed by atoms with Crippen LogP contribution in [0.4, 0.5) is 11.6 Å². The Labute approximate surface area is 175 Å². The summed E-state index contributed by atoms with van der Waals surface area (Å²) >= 11 is 3.73. The molecule has 0 amide bonds. The maximum atomic E-state index is 12.6. The lowest BCUT2D eigenvalue weighted by Gasteiger charge is -2.34. The lowest BCUT2D eigenvalue weighted by Crippen LogP contribution is -2.45. The minimum Gasteiger partial charge on any atom is -0.366 e. The fourth-order valence-corrected chi connectivity index (χ4v) is 5.47. The molecule has 0 saturated heterocycles. The van der Waals surface area contributed by atoms with Crippen LogP contribution < -0.4 is 14.9 Å². The van der Waals surface area contributed by atoms with E-state index in [0.717, 1.165) is 24.5 Å². The number of alkyl halides is 1. The zero-order valence-corrected chi connectivity index (χ0v) is 18.7. The van der Waals surface area contributed by atoms with Gasteiger partial charge in [-0.25, -0.2) is 23.1 Å². The number of hydrogen-bond donors (Lipinski definition) is 2. The van der Waals surface area contributed by atoms with Gasteiger partial charge in [0, 0.05) is 37.1 Å². The second-order valence-electron chi connectivity index (χ2n) is 7.26. The first kappa shape index (κ1) is 21.0. The molecule has 1 aliphatic rings. The Kier molecular flexibility index (Phi) is 6.57. The first-order valence-corrected chi connectivity index (χ1v) is 11.7. The summed E-state index contributed by atoms with van der Waals surface area (Å²) in [7, 11) is 0.397. The van der Waals surface area contributed by atoms with Gasteiger partial charge in [0.1, 0.15) is 17.5 Å². The average molecular weight is 468 g/mol. The maximum Gasteiger partial charge on any atom is 0.240 e. The van der Waals surface area contributed by atoms with Crippen LogP contribution in [0.15, 0.2) is 41.3 Å². The van der Waals surface area contributed by atoms with E-state index in [1.807, 2.05) is 32.0 Å². The SMILES string of the molecule is Cc1nc(NC2CCC(NS(=O)(=O)c3ccccc3)CC2Br)cc(N(C)C)n1. The summed E-state index contributed by atoms with van der Waals surface area (Å²) in [4.78, 5) is 11.3. The molecule has 0 radical (unpaired) electrons. The summed E-state index contributed by atoms with van der Waals surface area (Å²) in [5, 5.41) is 3.48. The molecular weight excluding hydrogens is 442 g/mol. The zero-order chi connectivity index (χ0) is 20.3. The van der Waals surface area contributed by atoms with Gasteiger partial charge in [0.2, 0.25) is 10.0 Å². The number of anilines is 2. The highest BCUT2D eigenvalue weighted by molar-refractivity contribution is 9.09. The summed E-state index contributed by atoms with van der Waals surface area (Å²) in [6, 6.07) is 10.5. The third kappa shape index (κ3) is 5.21. The van der Waals surface area contributed by atoms with E-state index in [9.17, 15) is 8.42 Å². The highest BCUT2D eigenvalue weighted by Crippen LogP contribution is 2.29. The quantitative estimate of drug-likeness (QED) is 0.634. The molecular formula is C19H26BrN5O2S. The number of rotatable bonds is 6. The maximum absolute atomic E-state index is 12.6. The monoisotopic (exact) mass is 467 g/mol. The van der Waals surface area contributed by atoms with Crippen LogP contribution in [-0.4, -0.2) is 49.4 Å². The van der Waals surface area contributed by atoms with Crippen LogP contribution in [0.2, 0.25) is 0 Å². The second kappa shape index (κ2) is 8.75. The first-order chi connectivity index (χ1) is 13.2. The van der Waals surface area contributed by atoms with Gasteiger partial charge >= 0.3 is 0 Å². The molecule has 7 nitrogen and oxygen atoms in total. The summed E-state index contributed by atoms with van der Waals surface area (Å²) < 4.78 is 28.0. The van der Waals surface area contributed by atoms with Crippen LogP contribution in [0.5, 0.6) is 0 Å². The van der Waals surface area contributed by atoms with Gasteiger partial charge in [0.15, 0.2) is 0 Å². The molecule has 152 valence electrons. The molecule has 1 fully saturated rings. The summed E-state index contributed by atoms with van der Waals surface area (Å²) in [5.74, 6) is 2.35. The molecule has 0 spiro atoms. The minimum atomic E-state index is -3.50. The molecule has 28 heavy (non-hydrogen) atoms. The van der Waals surface area contributed by atoms with Crippen LogP contribution in [-0.2, 0) is 10.0 Å². The second-order valence-corrected chi connectivity index (χ2v) is 10.2. The standard InChI is InChI=1S/C19H26BrN5O2S/c1-13-21-18(12-19(22-13)25(2)3)23-17-10-9-14(11-16(17)20)24-28(26,27)15-7-5-4-6-8-15/h4-8,12,14,16-17,24H,9-11H2,1-3H3,(H,21,22,23). The fraction of sp³-hybridized carbons (Fsp3) is 0.474. The van der Waals surface area contributed by atoms with Crippen LogP contribution >= 0.6 is 15.9 Å². The van der Waals surface area contributed by atoms with E-state index >= 15 is 0 Å². The Hall–Kier alpha value is -1.71. The van der Waals surface area contributed by atoms with E-state index < -0.39 is 10.0 Å². The number of nitrogens with zero attached hydrogens (tertiary/aromatic N) is 3. The van der Waals surface area contributed by atoms with Gasteiger partial charge in [0.05, 0.1) is 4.90 Å². The topological polar surface area (TPSA) is 87.2 Å². The smallest absolute Gasteiger partial charge is 0.240 e. The molecule has 1 aromatic carbocycles. The predicted octanol–water partition coefficient (Wildman–Crippen LogP) is 2.93. The number of aromatic nitrogens is 2. The zero-order valence-electron chi connectivity index (χ0n) is 16.3. The Morgan fingerprint density at radius 2 is 1.86 bits per heavy atom. The van der Waals surface area contributed by atoms with Crippen molar-refractivity contribution in [3.8, 4) is 0 Å². The Morgan fingerprint density at radius 1 is 1.14 bits per heavy atom. The highest BCUT2D eigenvalue weighted by atomic mass is 79.9. The molecule has 1 aromatic heterocycles. The lowest BCUT2D eigenvalue weighted by atomic mass is 9.91. The molecule has 3 rings (SSSR count). The van der Waals surface area contributed by atoms with Crippen molar-refractivity contribution >= 4 is 37.6 Å². The van der Waals surface area contributed by atoms with Crippen molar-refractivity contribution in [1.29, 1.82) is 0 Å². The normalized spacial score (nSPS) is 22.6. The number of aryl methyl sites for hydroxylation is 1. The van der Waals surface area contributed by atoms with Gasteiger partial charge in [-0.05, 0) is 38.3 Å². The average Bonchev–Trinajstić information content (AvgIpc) is 2.64. The predicted molar refractivity (Wildman–Crippen MR) is 116 cm³/mol. The Balaban J connectivity index is 1.63. The molecule has 1 aliphatic carbocycles. The van der Waals surface area contributed by atoms with Gasteiger partial charge in [-0.3, -0.25) is 0 Å². The fourth-order valence-electron chi connectivity index (χ4n) is 3.32. The molecule has 2 aromatic rings. The number of nitrogens with one attached hydrogen (secondary N) is 2. The van der Waals surface area contributed by atoms with E-state index in [1.54, 1.807) is 30.3 Å². The summed E-state index contributed by atoms with van der Waals surface area (Å²) in [6.45, 7) is 1.87. The molecule has 0 bridgehead atoms. The molecule has 1 saturated carbocycles. The third-order valence-corrected chi connectivity index (χ3v) is 7.31. The van der Waals surface area contributed by atoms with Gasteiger partial charge in [-0.2, -0.15) is 0 Å². The van der Waals surface area contributed by atoms with E-state index in [-0.39, 0.29) is 16.9 Å². The van der Waals surface area contributed by atoms with E-state index in [1.165, 1.54) is 0 Å². The number of benzene rings is 1. The molecule has 3 atom stereocenters. The Morgan fingerprint density at radius 3 is 2.50 bits per heavy atom. The molecule has 0 aliphatic heterocycles. The van der Waals surface area contributed by atoms with E-state index in [2.05, 4.69) is 35.9 Å². The molecule has 2 N–H and O–H groups in total. The summed E-state index contributed by atoms with van der Waals surface area (Å²) in [6.07, 6.45) is 2.29. The van der Waals surface area contributed by atoms with Crippen molar-refractivity contribution in [2.45, 2.75) is 48.0 Å². The van der Waals surface area contributed by atoms with E-state index in [0.29, 0.717) is 17.1 Å². The lowest BCUT2D eigenvalue weighted by molar-refractivity contribution is 0.399. The van der Waals surface area contributed by atoms with Crippen LogP contribution in [0.1, 0.15) is 25.1 Å². The molecule has 9 heteroatoms. The van der Waals surface area contributed by atoms with Gasteiger partial charge in [-0.1, -0.05) is 34.1 Å². The molecule has 1 heterocycles. The van der Waals surface area contributed by atoms with Crippen molar-refractivity contribution in [2.75, 3.05) is 24.3 Å². The summed E-state index contributed by atoms with van der Waals surface area (Å²) in [5.41, 5.74) is 0. The number of hydrogen-bond acceptors (Lipinski definition) is 6. The van der Waals surface area contributed by atoms with Crippen molar-refractivity contribution in [1.82, 2.24) is 14.7 Å². The number of halogens is 1. The highest BCUT2D eigenvalue weighted by Gasteiger charge is 2.31. The Bertz CT molecular complexity index is 908. The van der Waals surface area contributed by atoms with Crippen molar-refractivity contribution in [2.24, 2.45) is 0 Å². The van der Waals surface area contributed by atoms with E-state index in [4.69, 9.17) is 0 Å². The van der Waals surface area contributed by atoms with Crippen molar-refractivity contribution in [3.63, 3.8) is 0 Å². The van der Waals surface area contributed by atoms with Crippen LogP contribution in [0.25, 0.3) is 0 Å². The van der Waals surface area contributed by atoms with Gasteiger partial charge in [-0.15, -0.1) is 0 Å². The van der Waals surface area contributed by atoms with Gasteiger partial charge in [0.25, 0.3) is 0 Å². The van der Waals surface area contributed by atoms with Crippen molar-refractivity contribution < 1.29 is 8.42 Å². The first-order valence-electron chi connectivity index (χ1n) is 9.25. The minimum absolute atomic E-state index is 0.0999. The van der Waals surface area contributed by atoms with Crippen LogP contribution in [0, 0.1) is 6.92 Å².